The number of anilines is 2. The van der Waals surface area contributed by atoms with Crippen LogP contribution < -0.4 is 9.80 Å². The number of sulfonamides is 1. The highest BCUT2D eigenvalue weighted by atomic mass is 35.5. The highest BCUT2D eigenvalue weighted by molar-refractivity contribution is 7.88. The first-order chi connectivity index (χ1) is 19.3. The molecule has 1 unspecified atom stereocenters. The summed E-state index contributed by atoms with van der Waals surface area (Å²) in [5, 5.41) is 13.6. The third-order valence-corrected chi connectivity index (χ3v) is 9.13. The van der Waals surface area contributed by atoms with Crippen LogP contribution >= 0.6 is 11.6 Å². The number of piperazine rings is 1. The molecule has 1 aromatic heterocycles. The van der Waals surface area contributed by atoms with Gasteiger partial charge in [0.15, 0.2) is 5.69 Å². The number of halogens is 4. The van der Waals surface area contributed by atoms with Crippen LogP contribution in [0, 0.1) is 0 Å². The Morgan fingerprint density at radius 1 is 1.02 bits per heavy atom. The Morgan fingerprint density at radius 3 is 2.32 bits per heavy atom. The van der Waals surface area contributed by atoms with E-state index in [-0.39, 0.29) is 6.54 Å². The van der Waals surface area contributed by atoms with Crippen LogP contribution in [0.5, 0.6) is 0 Å². The van der Waals surface area contributed by atoms with Gasteiger partial charge in [-0.1, -0.05) is 29.8 Å². The minimum Gasteiger partial charge on any atom is -0.478 e. The summed E-state index contributed by atoms with van der Waals surface area (Å²) in [6.45, 7) is 2.76. The number of benzene rings is 2. The Hall–Kier alpha value is -3.29. The molecule has 2 aromatic carbocycles. The summed E-state index contributed by atoms with van der Waals surface area (Å²) >= 11 is 6.36. The zero-order chi connectivity index (χ0) is 29.5. The van der Waals surface area contributed by atoms with Crippen molar-refractivity contribution in [2.45, 2.75) is 25.1 Å². The predicted molar refractivity (Wildman–Crippen MR) is 150 cm³/mol. The highest BCUT2D eigenvalue weighted by Crippen LogP contribution is 2.39. The number of carbonyl (C=O) groups is 1. The Labute approximate surface area is 240 Å². The van der Waals surface area contributed by atoms with E-state index in [2.05, 4.69) is 10.00 Å². The van der Waals surface area contributed by atoms with Crippen LogP contribution in [0.2, 0.25) is 5.02 Å². The maximum Gasteiger partial charge on any atom is 0.433 e. The summed E-state index contributed by atoms with van der Waals surface area (Å²) in [5.74, 6) is -1.67. The molecule has 2 fully saturated rings. The Morgan fingerprint density at radius 2 is 1.71 bits per heavy atom. The fourth-order valence-corrected chi connectivity index (χ4v) is 6.58. The number of hydrogen-bond donors (Lipinski definition) is 1. The van der Waals surface area contributed by atoms with Crippen LogP contribution in [-0.2, 0) is 16.2 Å². The molecule has 3 heterocycles. The summed E-state index contributed by atoms with van der Waals surface area (Å²) in [6, 6.07) is 12.6. The molecule has 9 nitrogen and oxygen atoms in total. The first kappa shape index (κ1) is 29.2. The van der Waals surface area contributed by atoms with Gasteiger partial charge in [0.2, 0.25) is 10.0 Å². The van der Waals surface area contributed by atoms with Crippen molar-refractivity contribution < 1.29 is 31.5 Å². The number of carboxylic acid groups (broad SMARTS) is 1. The molecule has 0 spiro atoms. The van der Waals surface area contributed by atoms with E-state index >= 15 is 0 Å². The molecule has 220 valence electrons. The molecule has 0 amide bonds. The van der Waals surface area contributed by atoms with Gasteiger partial charge in [-0.05, 0) is 42.7 Å². The SMILES string of the molecule is CS(=O)(=O)N1CCN(c2ccc(-c3ccc(Cl)cc3N3CCCC(n4ncc(C(=O)O)c4C(F)(F)F)C3)cc2)CC1. The van der Waals surface area contributed by atoms with Gasteiger partial charge in [0.25, 0.3) is 0 Å². The minimum absolute atomic E-state index is 0.194. The lowest BCUT2D eigenvalue weighted by molar-refractivity contribution is -0.145. The van der Waals surface area contributed by atoms with Crippen molar-refractivity contribution in [1.29, 1.82) is 0 Å². The summed E-state index contributed by atoms with van der Waals surface area (Å²) < 4.78 is 67.5. The predicted octanol–water partition coefficient (Wildman–Crippen LogP) is 4.84. The van der Waals surface area contributed by atoms with Gasteiger partial charge < -0.3 is 14.9 Å². The van der Waals surface area contributed by atoms with Crippen molar-refractivity contribution in [2.75, 3.05) is 55.3 Å². The summed E-state index contributed by atoms with van der Waals surface area (Å²) in [6.07, 6.45) is -1.90. The average molecular weight is 612 g/mol. The van der Waals surface area contributed by atoms with Crippen LogP contribution in [0.1, 0.15) is 34.9 Å². The van der Waals surface area contributed by atoms with E-state index in [1.54, 1.807) is 12.1 Å². The van der Waals surface area contributed by atoms with Crippen molar-refractivity contribution in [3.05, 3.63) is 64.9 Å². The van der Waals surface area contributed by atoms with Gasteiger partial charge in [-0.15, -0.1) is 0 Å². The first-order valence-corrected chi connectivity index (χ1v) is 15.3. The monoisotopic (exact) mass is 611 g/mol. The molecule has 1 N–H and O–H groups in total. The quantitative estimate of drug-likeness (QED) is 0.426. The Balaban J connectivity index is 1.39. The first-order valence-electron chi connectivity index (χ1n) is 13.1. The van der Waals surface area contributed by atoms with Gasteiger partial charge in [0, 0.05) is 61.2 Å². The fraction of sp³-hybridized carbons (Fsp3) is 0.407. The second-order valence-corrected chi connectivity index (χ2v) is 12.7. The second kappa shape index (κ2) is 11.2. The number of aromatic nitrogens is 2. The molecular formula is C27H29ClF3N5O4S. The van der Waals surface area contributed by atoms with Crippen LogP contribution in [0.15, 0.2) is 48.7 Å². The standard InChI is InChI=1S/C27H29ClF3N5O4S/c1-41(39,40)35-13-11-33(12-14-35)20-7-4-18(5-8-20)22-9-6-19(28)15-24(22)34-10-2-3-21(17-34)36-25(27(29,30)31)23(16-32-36)26(37)38/h4-9,15-16,21H,2-3,10-14,17H2,1H3,(H,37,38). The van der Waals surface area contributed by atoms with Crippen molar-refractivity contribution in [3.8, 4) is 11.1 Å². The van der Waals surface area contributed by atoms with Gasteiger partial charge in [-0.25, -0.2) is 13.2 Å². The molecule has 2 aliphatic heterocycles. The molecule has 2 aliphatic rings. The lowest BCUT2D eigenvalue weighted by Gasteiger charge is -2.36. The van der Waals surface area contributed by atoms with E-state index < -0.39 is 39.5 Å². The van der Waals surface area contributed by atoms with E-state index in [1.165, 1.54) is 10.6 Å². The maximum absolute atomic E-state index is 13.9. The van der Waals surface area contributed by atoms with Gasteiger partial charge in [-0.2, -0.15) is 22.6 Å². The molecular weight excluding hydrogens is 583 g/mol. The molecule has 3 aromatic rings. The molecule has 41 heavy (non-hydrogen) atoms. The van der Waals surface area contributed by atoms with Crippen molar-refractivity contribution >= 4 is 39.0 Å². The summed E-state index contributed by atoms with van der Waals surface area (Å²) in [4.78, 5) is 15.6. The molecule has 0 radical (unpaired) electrons. The lowest BCUT2D eigenvalue weighted by atomic mass is 9.99. The van der Waals surface area contributed by atoms with Crippen molar-refractivity contribution in [1.82, 2.24) is 14.1 Å². The molecule has 2 saturated heterocycles. The molecule has 0 saturated carbocycles. The second-order valence-electron chi connectivity index (χ2n) is 10.3. The van der Waals surface area contributed by atoms with Crippen LogP contribution in [0.25, 0.3) is 11.1 Å². The van der Waals surface area contributed by atoms with Crippen molar-refractivity contribution in [2.24, 2.45) is 0 Å². The Bertz CT molecular complexity index is 1540. The number of alkyl halides is 3. The molecule has 14 heteroatoms. The topological polar surface area (TPSA) is 99.0 Å². The summed E-state index contributed by atoms with van der Waals surface area (Å²) in [5.41, 5.74) is 1.35. The smallest absolute Gasteiger partial charge is 0.433 e. The number of carboxylic acids is 1. The number of piperidine rings is 1. The normalized spacial score (nSPS) is 19.0. The third-order valence-electron chi connectivity index (χ3n) is 7.59. The molecule has 0 bridgehead atoms. The number of rotatable bonds is 6. The van der Waals surface area contributed by atoms with E-state index in [0.717, 1.165) is 33.4 Å². The van der Waals surface area contributed by atoms with E-state index in [4.69, 9.17) is 11.6 Å². The molecule has 0 aliphatic carbocycles. The van der Waals surface area contributed by atoms with Gasteiger partial charge in [-0.3, -0.25) is 4.68 Å². The van der Waals surface area contributed by atoms with Crippen LogP contribution in [-0.4, -0.2) is 79.1 Å². The van der Waals surface area contributed by atoms with E-state index in [0.29, 0.717) is 50.6 Å². The fourth-order valence-electron chi connectivity index (χ4n) is 5.59. The Kier molecular flexibility index (Phi) is 7.96. The highest BCUT2D eigenvalue weighted by Gasteiger charge is 2.42. The molecule has 5 rings (SSSR count). The number of hydrogen-bond acceptors (Lipinski definition) is 6. The lowest BCUT2D eigenvalue weighted by Crippen LogP contribution is -2.48. The van der Waals surface area contributed by atoms with Gasteiger partial charge >= 0.3 is 12.1 Å². The van der Waals surface area contributed by atoms with Crippen molar-refractivity contribution in [3.63, 3.8) is 0 Å². The zero-order valence-corrected chi connectivity index (χ0v) is 23.8. The largest absolute Gasteiger partial charge is 0.478 e. The molecule has 1 atom stereocenters. The number of aromatic carboxylic acids is 1. The average Bonchev–Trinajstić information content (AvgIpc) is 3.40. The van der Waals surface area contributed by atoms with Crippen LogP contribution in [0.4, 0.5) is 24.5 Å². The van der Waals surface area contributed by atoms with E-state index in [9.17, 15) is 31.5 Å². The minimum atomic E-state index is -4.87. The van der Waals surface area contributed by atoms with Gasteiger partial charge in [0.1, 0.15) is 5.56 Å². The maximum atomic E-state index is 13.9. The number of nitrogens with zero attached hydrogens (tertiary/aromatic N) is 5. The van der Waals surface area contributed by atoms with Gasteiger partial charge in [0.05, 0.1) is 18.5 Å². The summed E-state index contributed by atoms with van der Waals surface area (Å²) in [7, 11) is -3.22. The van der Waals surface area contributed by atoms with Crippen LogP contribution in [0.3, 0.4) is 0 Å². The third kappa shape index (κ3) is 6.16. The zero-order valence-electron chi connectivity index (χ0n) is 22.2. The van der Waals surface area contributed by atoms with E-state index in [1.807, 2.05) is 35.2 Å².